The highest BCUT2D eigenvalue weighted by atomic mass is 16.5. The smallest absolute Gasteiger partial charge is 0.352 e. The average molecular weight is 227 g/mol. The van der Waals surface area contributed by atoms with Crippen LogP contribution in [0.5, 0.6) is 0 Å². The number of methoxy groups -OCH3 is 1. The SMILES string of the molecule is CCOC=C(C#N)C(=O)OCCC(C)OC. The number of hydrogen-bond acceptors (Lipinski definition) is 5. The molecule has 0 aromatic heterocycles. The third-order valence-corrected chi connectivity index (χ3v) is 1.87. The summed E-state index contributed by atoms with van der Waals surface area (Å²) < 4.78 is 14.7. The molecule has 0 aliphatic carbocycles. The van der Waals surface area contributed by atoms with Gasteiger partial charge in [-0.1, -0.05) is 0 Å². The lowest BCUT2D eigenvalue weighted by atomic mass is 10.3. The van der Waals surface area contributed by atoms with Crippen LogP contribution in [0.25, 0.3) is 0 Å². The van der Waals surface area contributed by atoms with Gasteiger partial charge in [-0.05, 0) is 13.8 Å². The van der Waals surface area contributed by atoms with Crippen LogP contribution in [0.4, 0.5) is 0 Å². The molecule has 0 fully saturated rings. The number of carbonyl (C=O) groups excluding carboxylic acids is 1. The van der Waals surface area contributed by atoms with Crippen molar-refractivity contribution in [2.75, 3.05) is 20.3 Å². The maximum atomic E-state index is 11.3. The third-order valence-electron chi connectivity index (χ3n) is 1.87. The van der Waals surface area contributed by atoms with E-state index in [0.29, 0.717) is 13.0 Å². The Morgan fingerprint density at radius 2 is 2.25 bits per heavy atom. The number of nitrogens with zero attached hydrogens (tertiary/aromatic N) is 1. The Hall–Kier alpha value is -1.54. The lowest BCUT2D eigenvalue weighted by Crippen LogP contribution is -2.13. The van der Waals surface area contributed by atoms with Crippen LogP contribution in [-0.4, -0.2) is 32.4 Å². The van der Waals surface area contributed by atoms with Gasteiger partial charge in [-0.3, -0.25) is 0 Å². The lowest BCUT2D eigenvalue weighted by molar-refractivity contribution is -0.139. The highest BCUT2D eigenvalue weighted by molar-refractivity contribution is 5.92. The van der Waals surface area contributed by atoms with Crippen molar-refractivity contribution < 1.29 is 19.0 Å². The van der Waals surface area contributed by atoms with Crippen LogP contribution in [-0.2, 0) is 19.0 Å². The predicted octanol–water partition coefficient (Wildman–Crippen LogP) is 1.40. The highest BCUT2D eigenvalue weighted by Crippen LogP contribution is 2.01. The van der Waals surface area contributed by atoms with Crippen LogP contribution in [0.2, 0.25) is 0 Å². The van der Waals surface area contributed by atoms with E-state index < -0.39 is 5.97 Å². The number of ether oxygens (including phenoxy) is 3. The summed E-state index contributed by atoms with van der Waals surface area (Å²) in [4.78, 5) is 11.3. The Morgan fingerprint density at radius 3 is 2.75 bits per heavy atom. The van der Waals surface area contributed by atoms with Crippen LogP contribution in [0.3, 0.4) is 0 Å². The minimum atomic E-state index is -0.667. The van der Waals surface area contributed by atoms with Crippen LogP contribution < -0.4 is 0 Å². The summed E-state index contributed by atoms with van der Waals surface area (Å²) in [7, 11) is 1.59. The quantitative estimate of drug-likeness (QED) is 0.284. The minimum Gasteiger partial charge on any atom is -0.500 e. The molecule has 0 radical (unpaired) electrons. The van der Waals surface area contributed by atoms with Gasteiger partial charge in [0.05, 0.1) is 19.3 Å². The van der Waals surface area contributed by atoms with E-state index >= 15 is 0 Å². The number of nitriles is 1. The summed E-state index contributed by atoms with van der Waals surface area (Å²) in [6.45, 7) is 4.25. The molecule has 0 rings (SSSR count). The van der Waals surface area contributed by atoms with E-state index in [2.05, 4.69) is 0 Å². The zero-order valence-corrected chi connectivity index (χ0v) is 9.86. The van der Waals surface area contributed by atoms with Gasteiger partial charge in [0.25, 0.3) is 0 Å². The van der Waals surface area contributed by atoms with Gasteiger partial charge < -0.3 is 14.2 Å². The molecule has 0 N–H and O–H groups in total. The Balaban J connectivity index is 4.00. The van der Waals surface area contributed by atoms with Gasteiger partial charge in [-0.2, -0.15) is 5.26 Å². The van der Waals surface area contributed by atoms with E-state index in [0.717, 1.165) is 6.26 Å². The van der Waals surface area contributed by atoms with Gasteiger partial charge in [0.15, 0.2) is 5.57 Å². The van der Waals surface area contributed by atoms with E-state index in [1.807, 2.05) is 6.92 Å². The Bertz CT molecular complexity index is 280. The molecule has 0 aliphatic heterocycles. The molecule has 1 unspecified atom stereocenters. The summed E-state index contributed by atoms with van der Waals surface area (Å²) in [5.41, 5.74) is -0.132. The normalized spacial score (nSPS) is 12.8. The number of carbonyl (C=O) groups is 1. The molecule has 16 heavy (non-hydrogen) atoms. The van der Waals surface area contributed by atoms with Crippen LogP contribution >= 0.6 is 0 Å². The Morgan fingerprint density at radius 1 is 1.56 bits per heavy atom. The first kappa shape index (κ1) is 14.5. The van der Waals surface area contributed by atoms with Crippen molar-refractivity contribution in [2.45, 2.75) is 26.4 Å². The van der Waals surface area contributed by atoms with Gasteiger partial charge in [0.2, 0.25) is 0 Å². The van der Waals surface area contributed by atoms with Crippen LogP contribution in [0.15, 0.2) is 11.8 Å². The molecule has 5 nitrogen and oxygen atoms in total. The molecule has 5 heteroatoms. The van der Waals surface area contributed by atoms with Gasteiger partial charge in [0.1, 0.15) is 12.3 Å². The van der Waals surface area contributed by atoms with Crippen molar-refractivity contribution >= 4 is 5.97 Å². The van der Waals surface area contributed by atoms with Crippen LogP contribution in [0.1, 0.15) is 20.3 Å². The summed E-state index contributed by atoms with van der Waals surface area (Å²) in [6.07, 6.45) is 1.73. The van der Waals surface area contributed by atoms with E-state index in [-0.39, 0.29) is 18.3 Å². The number of hydrogen-bond donors (Lipinski definition) is 0. The largest absolute Gasteiger partial charge is 0.500 e. The molecule has 0 aromatic rings. The third kappa shape index (κ3) is 6.04. The second-order valence-electron chi connectivity index (χ2n) is 3.07. The van der Waals surface area contributed by atoms with Crippen molar-refractivity contribution in [2.24, 2.45) is 0 Å². The van der Waals surface area contributed by atoms with Crippen molar-refractivity contribution in [1.82, 2.24) is 0 Å². The van der Waals surface area contributed by atoms with Gasteiger partial charge >= 0.3 is 5.97 Å². The first-order valence-corrected chi connectivity index (χ1v) is 5.07. The minimum absolute atomic E-state index is 0.0224. The van der Waals surface area contributed by atoms with Crippen molar-refractivity contribution in [3.05, 3.63) is 11.8 Å². The predicted molar refractivity (Wildman–Crippen MR) is 57.4 cm³/mol. The fraction of sp³-hybridized carbons (Fsp3) is 0.636. The maximum absolute atomic E-state index is 11.3. The number of rotatable bonds is 7. The summed E-state index contributed by atoms with van der Waals surface area (Å²) in [5.74, 6) is -0.667. The topological polar surface area (TPSA) is 68.5 Å². The van der Waals surface area contributed by atoms with Crippen molar-refractivity contribution in [1.29, 1.82) is 5.26 Å². The summed E-state index contributed by atoms with van der Waals surface area (Å²) in [5, 5.41) is 8.65. The molecule has 0 bridgehead atoms. The Kier molecular flexibility index (Phi) is 7.90. The lowest BCUT2D eigenvalue weighted by Gasteiger charge is -2.09. The molecule has 0 spiro atoms. The number of esters is 1. The molecular formula is C11H17NO4. The highest BCUT2D eigenvalue weighted by Gasteiger charge is 2.11. The zero-order chi connectivity index (χ0) is 12.4. The fourth-order valence-corrected chi connectivity index (χ4v) is 0.800. The van der Waals surface area contributed by atoms with Crippen LogP contribution in [0, 0.1) is 11.3 Å². The second kappa shape index (κ2) is 8.74. The molecule has 1 atom stereocenters. The van der Waals surface area contributed by atoms with Gasteiger partial charge in [-0.25, -0.2) is 4.79 Å². The fourth-order valence-electron chi connectivity index (χ4n) is 0.800. The van der Waals surface area contributed by atoms with E-state index in [9.17, 15) is 4.79 Å². The van der Waals surface area contributed by atoms with Gasteiger partial charge in [0, 0.05) is 13.5 Å². The molecule has 0 heterocycles. The van der Waals surface area contributed by atoms with E-state index in [1.165, 1.54) is 0 Å². The monoisotopic (exact) mass is 227 g/mol. The molecule has 0 amide bonds. The summed E-state index contributed by atoms with van der Waals surface area (Å²) in [6, 6.07) is 1.72. The molecule has 0 saturated carbocycles. The summed E-state index contributed by atoms with van der Waals surface area (Å²) >= 11 is 0. The van der Waals surface area contributed by atoms with Gasteiger partial charge in [-0.15, -0.1) is 0 Å². The second-order valence-corrected chi connectivity index (χ2v) is 3.07. The van der Waals surface area contributed by atoms with Crippen molar-refractivity contribution in [3.63, 3.8) is 0 Å². The Labute approximate surface area is 95.6 Å². The molecule has 90 valence electrons. The standard InChI is InChI=1S/C11H17NO4/c1-4-15-8-10(7-12)11(13)16-6-5-9(2)14-3/h8-9H,4-6H2,1-3H3. The average Bonchev–Trinajstić information content (AvgIpc) is 2.29. The van der Waals surface area contributed by atoms with E-state index in [1.54, 1.807) is 20.1 Å². The molecule has 0 saturated heterocycles. The first-order chi connectivity index (χ1) is 7.65. The van der Waals surface area contributed by atoms with E-state index in [4.69, 9.17) is 19.5 Å². The zero-order valence-electron chi connectivity index (χ0n) is 9.86. The molecular weight excluding hydrogens is 210 g/mol. The molecule has 0 aromatic carbocycles. The van der Waals surface area contributed by atoms with Crippen molar-refractivity contribution in [3.8, 4) is 6.07 Å². The first-order valence-electron chi connectivity index (χ1n) is 5.07. The molecule has 0 aliphatic rings. The maximum Gasteiger partial charge on any atom is 0.352 e.